The van der Waals surface area contributed by atoms with Crippen LogP contribution in [0.3, 0.4) is 0 Å². The molecule has 3 aromatic carbocycles. The molecule has 1 atom stereocenters. The molecule has 0 fully saturated rings. The molecule has 0 saturated carbocycles. The van der Waals surface area contributed by atoms with Gasteiger partial charge in [-0.25, -0.2) is 0 Å². The van der Waals surface area contributed by atoms with Gasteiger partial charge < -0.3 is 15.0 Å². The van der Waals surface area contributed by atoms with Crippen LogP contribution in [0.2, 0.25) is 0 Å². The number of amides is 2. The van der Waals surface area contributed by atoms with Crippen molar-refractivity contribution in [2.75, 3.05) is 14.2 Å². The second kappa shape index (κ2) is 10.3. The highest BCUT2D eigenvalue weighted by Crippen LogP contribution is 2.25. The molecule has 0 radical (unpaired) electrons. The molecule has 0 heterocycles. The predicted octanol–water partition coefficient (Wildman–Crippen LogP) is 3.75. The second-order valence-electron chi connectivity index (χ2n) is 6.96. The molecule has 0 aliphatic heterocycles. The van der Waals surface area contributed by atoms with Crippen molar-refractivity contribution in [2.24, 2.45) is 0 Å². The summed E-state index contributed by atoms with van der Waals surface area (Å²) in [6, 6.07) is 25.7. The average molecular weight is 402 g/mol. The molecular weight excluding hydrogens is 376 g/mol. The van der Waals surface area contributed by atoms with Crippen LogP contribution in [-0.4, -0.2) is 30.9 Å². The van der Waals surface area contributed by atoms with Gasteiger partial charge in [-0.1, -0.05) is 72.8 Å². The summed E-state index contributed by atoms with van der Waals surface area (Å²) in [7, 11) is 3.20. The number of ether oxygens (including phenoxy) is 1. The summed E-state index contributed by atoms with van der Waals surface area (Å²) < 4.78 is 5.23. The molecule has 2 amide bonds. The number of likely N-dealkylation sites (N-methyl/N-ethyl adjacent to an activating group) is 1. The van der Waals surface area contributed by atoms with E-state index in [0.29, 0.717) is 6.54 Å². The van der Waals surface area contributed by atoms with Gasteiger partial charge >= 0.3 is 0 Å². The van der Waals surface area contributed by atoms with Crippen LogP contribution in [0.15, 0.2) is 84.9 Å². The van der Waals surface area contributed by atoms with Crippen LogP contribution >= 0.6 is 0 Å². The average Bonchev–Trinajstić information content (AvgIpc) is 2.80. The zero-order chi connectivity index (χ0) is 21.3. The van der Waals surface area contributed by atoms with E-state index in [1.807, 2.05) is 84.9 Å². The van der Waals surface area contributed by atoms with Gasteiger partial charge in [-0.3, -0.25) is 9.59 Å². The highest BCUT2D eigenvalue weighted by molar-refractivity contribution is 5.89. The van der Waals surface area contributed by atoms with Crippen molar-refractivity contribution >= 4 is 11.8 Å². The molecule has 1 N–H and O–H groups in total. The largest absolute Gasteiger partial charge is 0.497 e. The number of rotatable bonds is 8. The molecule has 5 nitrogen and oxygen atoms in total. The lowest BCUT2D eigenvalue weighted by Gasteiger charge is -2.31. The van der Waals surface area contributed by atoms with Crippen molar-refractivity contribution in [2.45, 2.75) is 19.0 Å². The van der Waals surface area contributed by atoms with E-state index < -0.39 is 6.04 Å². The minimum atomic E-state index is -0.727. The fourth-order valence-corrected chi connectivity index (χ4v) is 3.37. The predicted molar refractivity (Wildman–Crippen MR) is 117 cm³/mol. The zero-order valence-corrected chi connectivity index (χ0v) is 17.2. The van der Waals surface area contributed by atoms with Crippen molar-refractivity contribution in [1.29, 1.82) is 0 Å². The summed E-state index contributed by atoms with van der Waals surface area (Å²) in [5.41, 5.74) is 2.60. The van der Waals surface area contributed by atoms with Crippen LogP contribution in [-0.2, 0) is 22.6 Å². The van der Waals surface area contributed by atoms with E-state index in [9.17, 15) is 9.59 Å². The van der Waals surface area contributed by atoms with E-state index >= 15 is 0 Å². The maximum absolute atomic E-state index is 13.4. The summed E-state index contributed by atoms with van der Waals surface area (Å²) in [4.78, 5) is 27.9. The van der Waals surface area contributed by atoms with Gasteiger partial charge in [0.25, 0.3) is 0 Å². The highest BCUT2D eigenvalue weighted by atomic mass is 16.5. The van der Waals surface area contributed by atoms with Crippen LogP contribution in [0.25, 0.3) is 0 Å². The number of benzene rings is 3. The van der Waals surface area contributed by atoms with Crippen LogP contribution < -0.4 is 10.1 Å². The monoisotopic (exact) mass is 402 g/mol. The number of carbonyl (C=O) groups is 2. The van der Waals surface area contributed by atoms with E-state index in [1.165, 1.54) is 0 Å². The number of hydrogen-bond acceptors (Lipinski definition) is 3. The van der Waals surface area contributed by atoms with E-state index in [1.54, 1.807) is 19.1 Å². The molecule has 0 aliphatic carbocycles. The maximum atomic E-state index is 13.4. The van der Waals surface area contributed by atoms with Crippen LogP contribution in [0.1, 0.15) is 22.7 Å². The minimum absolute atomic E-state index is 0.116. The topological polar surface area (TPSA) is 58.6 Å². The Kier molecular flexibility index (Phi) is 7.22. The first-order valence-electron chi connectivity index (χ1n) is 9.85. The zero-order valence-electron chi connectivity index (χ0n) is 17.2. The molecule has 0 aromatic heterocycles. The van der Waals surface area contributed by atoms with Crippen LogP contribution in [0, 0.1) is 0 Å². The Balaban J connectivity index is 1.97. The molecule has 0 spiro atoms. The number of nitrogens with zero attached hydrogens (tertiary/aromatic N) is 1. The normalized spacial score (nSPS) is 11.4. The fourth-order valence-electron chi connectivity index (χ4n) is 3.37. The third kappa shape index (κ3) is 5.26. The van der Waals surface area contributed by atoms with Crippen molar-refractivity contribution in [1.82, 2.24) is 10.2 Å². The molecule has 1 unspecified atom stereocenters. The van der Waals surface area contributed by atoms with E-state index in [0.717, 1.165) is 22.4 Å². The first kappa shape index (κ1) is 21.1. The molecule has 0 bridgehead atoms. The molecule has 154 valence electrons. The minimum Gasteiger partial charge on any atom is -0.497 e. The number of carbonyl (C=O) groups excluding carboxylic acids is 2. The van der Waals surface area contributed by atoms with Gasteiger partial charge in [-0.15, -0.1) is 0 Å². The first-order valence-corrected chi connectivity index (χ1v) is 9.85. The van der Waals surface area contributed by atoms with Gasteiger partial charge in [-0.2, -0.15) is 0 Å². The number of nitrogens with one attached hydrogen (secondary N) is 1. The molecule has 3 aromatic rings. The summed E-state index contributed by atoms with van der Waals surface area (Å²) >= 11 is 0. The highest BCUT2D eigenvalue weighted by Gasteiger charge is 2.30. The SMILES string of the molecule is CNC(=O)C(c1ccccc1)N(Cc1ccc(OC)cc1)C(=O)Cc1ccccc1. The van der Waals surface area contributed by atoms with Crippen molar-refractivity contribution < 1.29 is 14.3 Å². The first-order chi connectivity index (χ1) is 14.6. The molecule has 3 rings (SSSR count). The third-order valence-electron chi connectivity index (χ3n) is 4.95. The Bertz CT molecular complexity index is 957. The van der Waals surface area contributed by atoms with Gasteiger partial charge in [0, 0.05) is 13.6 Å². The Labute approximate surface area is 177 Å². The molecule has 5 heteroatoms. The molecular formula is C25H26N2O3. The van der Waals surface area contributed by atoms with E-state index in [-0.39, 0.29) is 18.2 Å². The third-order valence-corrected chi connectivity index (χ3v) is 4.95. The van der Waals surface area contributed by atoms with Crippen LogP contribution in [0.4, 0.5) is 0 Å². The van der Waals surface area contributed by atoms with Crippen molar-refractivity contribution in [3.8, 4) is 5.75 Å². The molecule has 0 aliphatic rings. The lowest BCUT2D eigenvalue weighted by atomic mass is 10.0. The summed E-state index contributed by atoms with van der Waals surface area (Å²) in [5.74, 6) is 0.400. The summed E-state index contributed by atoms with van der Waals surface area (Å²) in [5, 5.41) is 2.71. The Hall–Kier alpha value is -3.60. The van der Waals surface area contributed by atoms with Gasteiger partial charge in [0.2, 0.25) is 11.8 Å². The van der Waals surface area contributed by atoms with Gasteiger partial charge in [-0.05, 0) is 28.8 Å². The number of hydrogen-bond donors (Lipinski definition) is 1. The quantitative estimate of drug-likeness (QED) is 0.624. The van der Waals surface area contributed by atoms with Crippen LogP contribution in [0.5, 0.6) is 5.75 Å². The number of methoxy groups -OCH3 is 1. The lowest BCUT2D eigenvalue weighted by Crippen LogP contribution is -2.43. The fraction of sp³-hybridized carbons (Fsp3) is 0.200. The standard InChI is InChI=1S/C25H26N2O3/c1-26-25(29)24(21-11-7-4-8-12-21)27(18-20-13-15-22(30-2)16-14-20)23(28)17-19-9-5-3-6-10-19/h3-16,24H,17-18H2,1-2H3,(H,26,29). The van der Waals surface area contributed by atoms with E-state index in [4.69, 9.17) is 4.74 Å². The second-order valence-corrected chi connectivity index (χ2v) is 6.96. The van der Waals surface area contributed by atoms with Gasteiger partial charge in [0.05, 0.1) is 13.5 Å². The lowest BCUT2D eigenvalue weighted by molar-refractivity contribution is -0.141. The Morgan fingerprint density at radius 2 is 1.47 bits per heavy atom. The Morgan fingerprint density at radius 3 is 2.03 bits per heavy atom. The summed E-state index contributed by atoms with van der Waals surface area (Å²) in [6.07, 6.45) is 0.220. The molecule has 0 saturated heterocycles. The Morgan fingerprint density at radius 1 is 0.867 bits per heavy atom. The van der Waals surface area contributed by atoms with E-state index in [2.05, 4.69) is 5.32 Å². The summed E-state index contributed by atoms with van der Waals surface area (Å²) in [6.45, 7) is 0.308. The van der Waals surface area contributed by atoms with Crippen molar-refractivity contribution in [3.63, 3.8) is 0 Å². The molecule has 30 heavy (non-hydrogen) atoms. The van der Waals surface area contributed by atoms with Crippen molar-refractivity contribution in [3.05, 3.63) is 102 Å². The van der Waals surface area contributed by atoms with Gasteiger partial charge in [0.1, 0.15) is 11.8 Å². The smallest absolute Gasteiger partial charge is 0.247 e. The maximum Gasteiger partial charge on any atom is 0.247 e. The van der Waals surface area contributed by atoms with Gasteiger partial charge in [0.15, 0.2) is 0 Å².